The van der Waals surface area contributed by atoms with Gasteiger partial charge in [-0.2, -0.15) is 0 Å². The maximum Gasteiger partial charge on any atom is 0.124 e. The van der Waals surface area contributed by atoms with Crippen LogP contribution in [0.3, 0.4) is 0 Å². The van der Waals surface area contributed by atoms with E-state index in [1.54, 1.807) is 7.11 Å². The monoisotopic (exact) mass is 280 g/mol. The van der Waals surface area contributed by atoms with Gasteiger partial charge in [-0.1, -0.05) is 11.6 Å². The average molecular weight is 280 g/mol. The Balaban J connectivity index is 2.54. The summed E-state index contributed by atoms with van der Waals surface area (Å²) in [5, 5.41) is 13.7. The molecule has 2 unspecified atom stereocenters. The van der Waals surface area contributed by atoms with Crippen LogP contribution in [0.4, 0.5) is 0 Å². The van der Waals surface area contributed by atoms with Crippen molar-refractivity contribution in [2.45, 2.75) is 32.4 Å². The molecule has 0 radical (unpaired) electrons. The van der Waals surface area contributed by atoms with E-state index in [2.05, 4.69) is 31.2 Å². The van der Waals surface area contributed by atoms with E-state index in [1.165, 1.54) is 0 Å². The summed E-state index contributed by atoms with van der Waals surface area (Å²) in [6, 6.07) is 6.25. The van der Waals surface area contributed by atoms with Crippen LogP contribution in [0.25, 0.3) is 0 Å². The van der Waals surface area contributed by atoms with Gasteiger partial charge in [0.05, 0.1) is 13.2 Å². The summed E-state index contributed by atoms with van der Waals surface area (Å²) in [6.07, 6.45) is 0.511. The summed E-state index contributed by atoms with van der Waals surface area (Å²) in [4.78, 5) is 2.16. The first-order chi connectivity index (χ1) is 9.43. The Labute approximate surface area is 122 Å². The third-order valence-electron chi connectivity index (χ3n) is 3.41. The Morgan fingerprint density at radius 1 is 1.35 bits per heavy atom. The van der Waals surface area contributed by atoms with Gasteiger partial charge in [-0.05, 0) is 53.0 Å². The molecule has 0 aliphatic carbocycles. The molecule has 4 heteroatoms. The third-order valence-corrected chi connectivity index (χ3v) is 3.41. The van der Waals surface area contributed by atoms with E-state index in [0.29, 0.717) is 12.6 Å². The molecule has 0 saturated carbocycles. The number of hydrogen-bond acceptors (Lipinski definition) is 4. The van der Waals surface area contributed by atoms with Gasteiger partial charge in [-0.15, -0.1) is 0 Å². The molecule has 0 amide bonds. The van der Waals surface area contributed by atoms with Crippen LogP contribution in [-0.4, -0.2) is 50.3 Å². The predicted molar refractivity (Wildman–Crippen MR) is 83.3 cm³/mol. The molecule has 2 N–H and O–H groups in total. The molecule has 0 aliphatic heterocycles. The number of benzene rings is 1. The fourth-order valence-electron chi connectivity index (χ4n) is 2.09. The molecule has 2 atom stereocenters. The van der Waals surface area contributed by atoms with Gasteiger partial charge < -0.3 is 20.1 Å². The standard InChI is InChI=1S/C16H28N2O2/c1-12-6-7-16(20-5)14(10-12)15(19)11-17-13(2)8-9-18(3)4/h6-7,10,13,15,17,19H,8-9,11H2,1-5H3. The number of methoxy groups -OCH3 is 1. The van der Waals surface area contributed by atoms with E-state index in [-0.39, 0.29) is 0 Å². The minimum atomic E-state index is -0.549. The van der Waals surface area contributed by atoms with E-state index < -0.39 is 6.10 Å². The third kappa shape index (κ3) is 5.49. The Morgan fingerprint density at radius 2 is 2.05 bits per heavy atom. The summed E-state index contributed by atoms with van der Waals surface area (Å²) in [5.74, 6) is 0.742. The molecule has 0 aromatic heterocycles. The van der Waals surface area contributed by atoms with Crippen molar-refractivity contribution in [1.82, 2.24) is 10.2 Å². The molecular formula is C16H28N2O2. The summed E-state index contributed by atoms with van der Waals surface area (Å²) in [7, 11) is 5.77. The minimum absolute atomic E-state index is 0.378. The van der Waals surface area contributed by atoms with Crippen molar-refractivity contribution in [1.29, 1.82) is 0 Å². The number of rotatable bonds is 8. The summed E-state index contributed by atoms with van der Waals surface area (Å²) < 4.78 is 5.31. The number of hydrogen-bond donors (Lipinski definition) is 2. The van der Waals surface area contributed by atoms with Gasteiger partial charge in [0.1, 0.15) is 5.75 Å². The number of aliphatic hydroxyl groups excluding tert-OH is 1. The van der Waals surface area contributed by atoms with Crippen LogP contribution in [0, 0.1) is 6.92 Å². The van der Waals surface area contributed by atoms with Gasteiger partial charge in [0.25, 0.3) is 0 Å². The summed E-state index contributed by atoms with van der Waals surface area (Å²) in [6.45, 7) is 5.74. The van der Waals surface area contributed by atoms with Gasteiger partial charge in [-0.3, -0.25) is 0 Å². The molecule has 0 fully saturated rings. The molecule has 0 aliphatic rings. The second kappa shape index (κ2) is 8.25. The predicted octanol–water partition coefficient (Wildman–Crippen LogP) is 1.97. The molecule has 4 nitrogen and oxygen atoms in total. The number of ether oxygens (including phenoxy) is 1. The zero-order chi connectivity index (χ0) is 15.1. The van der Waals surface area contributed by atoms with E-state index in [4.69, 9.17) is 4.74 Å². The Bertz CT molecular complexity index is 407. The number of nitrogens with one attached hydrogen (secondary N) is 1. The van der Waals surface area contributed by atoms with Gasteiger partial charge in [0, 0.05) is 18.2 Å². The molecule has 0 heterocycles. The van der Waals surface area contributed by atoms with Crippen LogP contribution >= 0.6 is 0 Å². The lowest BCUT2D eigenvalue weighted by Gasteiger charge is -2.20. The van der Waals surface area contributed by atoms with Crippen LogP contribution < -0.4 is 10.1 Å². The largest absolute Gasteiger partial charge is 0.496 e. The van der Waals surface area contributed by atoms with Crippen LogP contribution in [0.5, 0.6) is 5.75 Å². The second-order valence-electron chi connectivity index (χ2n) is 5.66. The Hall–Kier alpha value is -1.10. The highest BCUT2D eigenvalue weighted by molar-refractivity contribution is 5.38. The van der Waals surface area contributed by atoms with Crippen LogP contribution in [0.2, 0.25) is 0 Å². The maximum absolute atomic E-state index is 10.3. The lowest BCUT2D eigenvalue weighted by molar-refractivity contribution is 0.165. The molecular weight excluding hydrogens is 252 g/mol. The highest BCUT2D eigenvalue weighted by Crippen LogP contribution is 2.25. The second-order valence-corrected chi connectivity index (χ2v) is 5.66. The fraction of sp³-hybridized carbons (Fsp3) is 0.625. The lowest BCUT2D eigenvalue weighted by Crippen LogP contribution is -2.33. The van der Waals surface area contributed by atoms with Crippen molar-refractivity contribution in [2.75, 3.05) is 34.3 Å². The molecule has 0 saturated heterocycles. The summed E-state index contributed by atoms with van der Waals surface area (Å²) >= 11 is 0. The first-order valence-corrected chi connectivity index (χ1v) is 7.14. The van der Waals surface area contributed by atoms with E-state index in [9.17, 15) is 5.11 Å². The van der Waals surface area contributed by atoms with Crippen molar-refractivity contribution >= 4 is 0 Å². The Kier molecular flexibility index (Phi) is 6.99. The SMILES string of the molecule is COc1ccc(C)cc1C(O)CNC(C)CCN(C)C. The van der Waals surface area contributed by atoms with Crippen molar-refractivity contribution in [2.24, 2.45) is 0 Å². The minimum Gasteiger partial charge on any atom is -0.496 e. The zero-order valence-electron chi connectivity index (χ0n) is 13.3. The molecule has 20 heavy (non-hydrogen) atoms. The highest BCUT2D eigenvalue weighted by Gasteiger charge is 2.14. The molecule has 1 rings (SSSR count). The van der Waals surface area contributed by atoms with Crippen LogP contribution in [-0.2, 0) is 0 Å². The van der Waals surface area contributed by atoms with Crippen molar-refractivity contribution in [3.05, 3.63) is 29.3 Å². The van der Waals surface area contributed by atoms with Gasteiger partial charge in [0.15, 0.2) is 0 Å². The normalized spacial score (nSPS) is 14.3. The molecule has 1 aromatic carbocycles. The van der Waals surface area contributed by atoms with Gasteiger partial charge in [-0.25, -0.2) is 0 Å². The van der Waals surface area contributed by atoms with E-state index >= 15 is 0 Å². The van der Waals surface area contributed by atoms with E-state index in [0.717, 1.165) is 29.8 Å². The van der Waals surface area contributed by atoms with Gasteiger partial charge >= 0.3 is 0 Å². The van der Waals surface area contributed by atoms with Crippen molar-refractivity contribution in [3.63, 3.8) is 0 Å². The van der Waals surface area contributed by atoms with Crippen molar-refractivity contribution in [3.8, 4) is 5.75 Å². The number of aliphatic hydroxyl groups is 1. The zero-order valence-corrected chi connectivity index (χ0v) is 13.3. The van der Waals surface area contributed by atoms with Crippen LogP contribution in [0.15, 0.2) is 18.2 Å². The highest BCUT2D eigenvalue weighted by atomic mass is 16.5. The lowest BCUT2D eigenvalue weighted by atomic mass is 10.0. The number of nitrogens with zero attached hydrogens (tertiary/aromatic N) is 1. The quantitative estimate of drug-likeness (QED) is 0.764. The average Bonchev–Trinajstić information content (AvgIpc) is 2.42. The van der Waals surface area contributed by atoms with Crippen LogP contribution in [0.1, 0.15) is 30.6 Å². The topological polar surface area (TPSA) is 44.7 Å². The first kappa shape index (κ1) is 17.0. The summed E-state index contributed by atoms with van der Waals surface area (Å²) in [5.41, 5.74) is 1.97. The van der Waals surface area contributed by atoms with E-state index in [1.807, 2.05) is 25.1 Å². The number of aryl methyl sites for hydroxylation is 1. The molecule has 0 bridgehead atoms. The molecule has 0 spiro atoms. The smallest absolute Gasteiger partial charge is 0.124 e. The fourth-order valence-corrected chi connectivity index (χ4v) is 2.09. The molecule has 1 aromatic rings. The van der Waals surface area contributed by atoms with Crippen molar-refractivity contribution < 1.29 is 9.84 Å². The molecule has 114 valence electrons. The van der Waals surface area contributed by atoms with Gasteiger partial charge in [0.2, 0.25) is 0 Å². The maximum atomic E-state index is 10.3. The first-order valence-electron chi connectivity index (χ1n) is 7.14. The Morgan fingerprint density at radius 3 is 2.65 bits per heavy atom.